The van der Waals surface area contributed by atoms with Crippen LogP contribution in [0.2, 0.25) is 0 Å². The molecule has 8 heteroatoms. The molecule has 0 spiro atoms. The first-order chi connectivity index (χ1) is 9.84. The Morgan fingerprint density at radius 2 is 2.00 bits per heavy atom. The number of rotatable bonds is 5. The first-order valence-corrected chi connectivity index (χ1v) is 6.71. The third kappa shape index (κ3) is 3.26. The zero-order valence-corrected chi connectivity index (χ0v) is 12.2. The van der Waals surface area contributed by atoms with E-state index in [-0.39, 0.29) is 0 Å². The van der Waals surface area contributed by atoms with Crippen LogP contribution < -0.4 is 5.32 Å². The highest BCUT2D eigenvalue weighted by atomic mass is 19.4. The van der Waals surface area contributed by atoms with Crippen LogP contribution in [0.3, 0.4) is 0 Å². The molecular weight excluding hydrogens is 283 g/mol. The quantitative estimate of drug-likeness (QED) is 0.863. The van der Waals surface area contributed by atoms with Gasteiger partial charge >= 0.3 is 6.18 Å². The fourth-order valence-corrected chi connectivity index (χ4v) is 2.17. The normalized spacial score (nSPS) is 12.1. The van der Waals surface area contributed by atoms with E-state index in [1.807, 2.05) is 13.8 Å². The van der Waals surface area contributed by atoms with E-state index in [0.717, 1.165) is 30.3 Å². The Labute approximate surface area is 120 Å². The highest BCUT2D eigenvalue weighted by Crippen LogP contribution is 2.28. The minimum absolute atomic E-state index is 0.546. The van der Waals surface area contributed by atoms with Gasteiger partial charge in [0, 0.05) is 25.4 Å². The maximum absolute atomic E-state index is 12.7. The molecule has 2 aromatic rings. The summed E-state index contributed by atoms with van der Waals surface area (Å²) in [6, 6.07) is 0.964. The molecule has 0 saturated carbocycles. The fraction of sp³-hybridized carbons (Fsp3) is 0.538. The third-order valence-corrected chi connectivity index (χ3v) is 3.14. The highest BCUT2D eigenvalue weighted by molar-refractivity contribution is 5.37. The van der Waals surface area contributed by atoms with Crippen molar-refractivity contribution in [3.05, 3.63) is 29.2 Å². The Kier molecular flexibility index (Phi) is 4.36. The summed E-state index contributed by atoms with van der Waals surface area (Å²) in [5.74, 6) is 0.548. The molecular formula is C13H18F3N5. The van der Waals surface area contributed by atoms with Gasteiger partial charge in [0.15, 0.2) is 11.5 Å². The van der Waals surface area contributed by atoms with Crippen molar-refractivity contribution < 1.29 is 13.2 Å². The molecule has 0 bridgehead atoms. The highest BCUT2D eigenvalue weighted by Gasteiger charge is 2.34. The smallest absolute Gasteiger partial charge is 0.312 e. The third-order valence-electron chi connectivity index (χ3n) is 3.14. The van der Waals surface area contributed by atoms with Gasteiger partial charge in [0.2, 0.25) is 0 Å². The van der Waals surface area contributed by atoms with Crippen molar-refractivity contribution in [2.24, 2.45) is 7.05 Å². The van der Waals surface area contributed by atoms with E-state index < -0.39 is 11.9 Å². The molecule has 1 N–H and O–H groups in total. The molecule has 116 valence electrons. The summed E-state index contributed by atoms with van der Waals surface area (Å²) in [6.07, 6.45) is -2.16. The lowest BCUT2D eigenvalue weighted by molar-refractivity contribution is -0.141. The van der Waals surface area contributed by atoms with Crippen LogP contribution in [-0.4, -0.2) is 26.1 Å². The molecule has 21 heavy (non-hydrogen) atoms. The van der Waals surface area contributed by atoms with Gasteiger partial charge in [-0.05, 0) is 26.0 Å². The van der Waals surface area contributed by atoms with E-state index in [1.165, 1.54) is 10.9 Å². The van der Waals surface area contributed by atoms with Gasteiger partial charge in [0.1, 0.15) is 0 Å². The second kappa shape index (κ2) is 5.88. The standard InChI is InChI=1S/C13H18F3N5/c1-4-6-17-8-10-9(2)18-20(3)12(10)21-7-5-11(19-21)13(14,15)16/h5,7,17H,4,6,8H2,1-3H3. The predicted octanol–water partition coefficient (Wildman–Crippen LogP) is 2.43. The largest absolute Gasteiger partial charge is 0.435 e. The van der Waals surface area contributed by atoms with Crippen LogP contribution in [0.5, 0.6) is 0 Å². The minimum Gasteiger partial charge on any atom is -0.312 e. The summed E-state index contributed by atoms with van der Waals surface area (Å²) in [5.41, 5.74) is 0.719. The molecule has 2 aromatic heterocycles. The topological polar surface area (TPSA) is 47.7 Å². The number of hydrogen-bond acceptors (Lipinski definition) is 3. The molecule has 0 aromatic carbocycles. The van der Waals surface area contributed by atoms with Crippen LogP contribution >= 0.6 is 0 Å². The molecule has 0 radical (unpaired) electrons. The van der Waals surface area contributed by atoms with E-state index in [4.69, 9.17) is 0 Å². The first kappa shape index (κ1) is 15.6. The SMILES string of the molecule is CCCNCc1c(C)nn(C)c1-n1ccc(C(F)(F)F)n1. The molecule has 5 nitrogen and oxygen atoms in total. The average molecular weight is 301 g/mol. The van der Waals surface area contributed by atoms with Crippen molar-refractivity contribution >= 4 is 0 Å². The zero-order valence-electron chi connectivity index (χ0n) is 12.2. The van der Waals surface area contributed by atoms with E-state index in [1.54, 1.807) is 11.7 Å². The number of hydrogen-bond donors (Lipinski definition) is 1. The summed E-state index contributed by atoms with van der Waals surface area (Å²) in [5, 5.41) is 11.1. The van der Waals surface area contributed by atoms with E-state index in [0.29, 0.717) is 12.4 Å². The Hall–Kier alpha value is -1.83. The Balaban J connectivity index is 2.36. The summed E-state index contributed by atoms with van der Waals surface area (Å²) in [4.78, 5) is 0. The van der Waals surface area contributed by atoms with Crippen molar-refractivity contribution in [3.63, 3.8) is 0 Å². The van der Waals surface area contributed by atoms with Crippen LogP contribution in [0, 0.1) is 6.92 Å². The maximum atomic E-state index is 12.7. The van der Waals surface area contributed by atoms with E-state index in [9.17, 15) is 13.2 Å². The lowest BCUT2D eigenvalue weighted by Gasteiger charge is -2.08. The number of halogens is 3. The first-order valence-electron chi connectivity index (χ1n) is 6.71. The Morgan fingerprint density at radius 3 is 2.57 bits per heavy atom. The summed E-state index contributed by atoms with van der Waals surface area (Å²) in [6.45, 7) is 5.26. The van der Waals surface area contributed by atoms with Crippen LogP contribution in [-0.2, 0) is 19.8 Å². The number of aryl methyl sites for hydroxylation is 2. The maximum Gasteiger partial charge on any atom is 0.435 e. The van der Waals surface area contributed by atoms with Crippen molar-refractivity contribution in [2.75, 3.05) is 6.54 Å². The monoisotopic (exact) mass is 301 g/mol. The zero-order chi connectivity index (χ0) is 15.6. The lowest BCUT2D eigenvalue weighted by Crippen LogP contribution is -2.17. The van der Waals surface area contributed by atoms with Crippen molar-refractivity contribution in [3.8, 4) is 5.82 Å². The lowest BCUT2D eigenvalue weighted by atomic mass is 10.2. The van der Waals surface area contributed by atoms with Crippen LogP contribution in [0.25, 0.3) is 5.82 Å². The predicted molar refractivity (Wildman–Crippen MR) is 72.1 cm³/mol. The second-order valence-corrected chi connectivity index (χ2v) is 4.83. The van der Waals surface area contributed by atoms with Crippen molar-refractivity contribution in [1.29, 1.82) is 0 Å². The van der Waals surface area contributed by atoms with Gasteiger partial charge in [-0.25, -0.2) is 4.68 Å². The number of nitrogens with zero attached hydrogens (tertiary/aromatic N) is 4. The number of aromatic nitrogens is 4. The molecule has 0 aliphatic heterocycles. The van der Waals surface area contributed by atoms with Crippen LogP contribution in [0.4, 0.5) is 13.2 Å². The molecule has 0 unspecified atom stereocenters. The van der Waals surface area contributed by atoms with Crippen molar-refractivity contribution in [2.45, 2.75) is 33.0 Å². The van der Waals surface area contributed by atoms with Crippen LogP contribution in [0.1, 0.15) is 30.3 Å². The molecule has 0 fully saturated rings. The van der Waals surface area contributed by atoms with Crippen LogP contribution in [0.15, 0.2) is 12.3 Å². The van der Waals surface area contributed by atoms with E-state index >= 15 is 0 Å². The van der Waals surface area contributed by atoms with Gasteiger partial charge in [-0.1, -0.05) is 6.92 Å². The number of nitrogens with one attached hydrogen (secondary N) is 1. The summed E-state index contributed by atoms with van der Waals surface area (Å²) in [7, 11) is 1.70. The average Bonchev–Trinajstić information content (AvgIpc) is 2.95. The molecule has 2 heterocycles. The van der Waals surface area contributed by atoms with Crippen molar-refractivity contribution in [1.82, 2.24) is 24.9 Å². The minimum atomic E-state index is -4.44. The van der Waals surface area contributed by atoms with Gasteiger partial charge in [-0.15, -0.1) is 0 Å². The second-order valence-electron chi connectivity index (χ2n) is 4.83. The van der Waals surface area contributed by atoms with Gasteiger partial charge in [-0.3, -0.25) is 4.68 Å². The molecule has 0 aliphatic carbocycles. The van der Waals surface area contributed by atoms with Gasteiger partial charge in [0.25, 0.3) is 0 Å². The molecule has 0 amide bonds. The van der Waals surface area contributed by atoms with Gasteiger partial charge < -0.3 is 5.32 Å². The Morgan fingerprint density at radius 1 is 1.29 bits per heavy atom. The molecule has 0 aliphatic rings. The summed E-state index contributed by atoms with van der Waals surface area (Å²) < 4.78 is 40.8. The molecule has 0 saturated heterocycles. The van der Waals surface area contributed by atoms with Gasteiger partial charge in [-0.2, -0.15) is 23.4 Å². The number of alkyl halides is 3. The fourth-order valence-electron chi connectivity index (χ4n) is 2.17. The summed E-state index contributed by atoms with van der Waals surface area (Å²) >= 11 is 0. The van der Waals surface area contributed by atoms with E-state index in [2.05, 4.69) is 15.5 Å². The molecule has 0 atom stereocenters. The molecule has 2 rings (SSSR count). The van der Waals surface area contributed by atoms with Gasteiger partial charge in [0.05, 0.1) is 5.69 Å². The Bertz CT molecular complexity index is 612.